The lowest BCUT2D eigenvalue weighted by atomic mass is 10.1. The van der Waals surface area contributed by atoms with Crippen LogP contribution < -0.4 is 14.9 Å². The minimum Gasteiger partial charge on any atom is -0.365 e. The molecule has 1 amide bonds. The largest absolute Gasteiger partial charge is 0.365 e. The third-order valence-electron chi connectivity index (χ3n) is 4.43. The normalized spacial score (nSPS) is 16.6. The van der Waals surface area contributed by atoms with E-state index in [1.54, 1.807) is 17.0 Å². The summed E-state index contributed by atoms with van der Waals surface area (Å²) in [4.78, 5) is 16.5. The summed E-state index contributed by atoms with van der Waals surface area (Å²) < 4.78 is 23.0. The molecule has 1 aliphatic heterocycles. The summed E-state index contributed by atoms with van der Waals surface area (Å²) >= 11 is 0. The van der Waals surface area contributed by atoms with E-state index in [0.29, 0.717) is 6.42 Å². The third kappa shape index (κ3) is 3.52. The predicted molar refractivity (Wildman–Crippen MR) is 98.2 cm³/mol. The second-order valence-corrected chi connectivity index (χ2v) is 7.91. The van der Waals surface area contributed by atoms with Crippen molar-refractivity contribution in [2.24, 2.45) is 5.14 Å². The Morgan fingerprint density at radius 3 is 2.56 bits per heavy atom. The number of anilines is 2. The molecule has 1 unspecified atom stereocenters. The minimum atomic E-state index is -3.75. The van der Waals surface area contributed by atoms with Gasteiger partial charge in [-0.3, -0.25) is 4.79 Å². The first-order valence-electron chi connectivity index (χ1n) is 8.01. The Labute approximate surface area is 147 Å². The lowest BCUT2D eigenvalue weighted by Crippen LogP contribution is -2.42. The number of para-hydroxylation sites is 1. The molecule has 132 valence electrons. The molecule has 0 bridgehead atoms. The SMILES string of the molecule is CC1Cc2cc(S(N)(=O)=O)ccc2N1C(=O)CN(C)c1ccccc1. The van der Waals surface area contributed by atoms with Gasteiger partial charge in [0.2, 0.25) is 15.9 Å². The van der Waals surface area contributed by atoms with Crippen molar-refractivity contribution in [2.45, 2.75) is 24.3 Å². The molecular weight excluding hydrogens is 338 g/mol. The molecule has 1 heterocycles. The summed E-state index contributed by atoms with van der Waals surface area (Å²) in [6, 6.07) is 14.4. The quantitative estimate of drug-likeness (QED) is 0.901. The Kier molecular flexibility index (Phi) is 4.53. The van der Waals surface area contributed by atoms with E-state index in [0.717, 1.165) is 16.9 Å². The highest BCUT2D eigenvalue weighted by Gasteiger charge is 2.32. The number of carbonyl (C=O) groups is 1. The van der Waals surface area contributed by atoms with Crippen LogP contribution in [0.4, 0.5) is 11.4 Å². The molecule has 2 N–H and O–H groups in total. The van der Waals surface area contributed by atoms with Gasteiger partial charge in [-0.15, -0.1) is 0 Å². The number of hydrogen-bond acceptors (Lipinski definition) is 4. The van der Waals surface area contributed by atoms with Crippen molar-refractivity contribution in [3.63, 3.8) is 0 Å². The second-order valence-electron chi connectivity index (χ2n) is 6.34. The Bertz CT molecular complexity index is 897. The van der Waals surface area contributed by atoms with Crippen molar-refractivity contribution in [3.8, 4) is 0 Å². The van der Waals surface area contributed by atoms with Crippen molar-refractivity contribution in [1.82, 2.24) is 0 Å². The maximum absolute atomic E-state index is 12.8. The van der Waals surface area contributed by atoms with Gasteiger partial charge in [-0.25, -0.2) is 13.6 Å². The Hall–Kier alpha value is -2.38. The zero-order valence-corrected chi connectivity index (χ0v) is 15.0. The average Bonchev–Trinajstić information content (AvgIpc) is 2.89. The van der Waals surface area contributed by atoms with Gasteiger partial charge in [-0.05, 0) is 49.2 Å². The molecule has 1 atom stereocenters. The number of nitrogens with zero attached hydrogens (tertiary/aromatic N) is 2. The number of sulfonamides is 1. The van der Waals surface area contributed by atoms with Gasteiger partial charge < -0.3 is 9.80 Å². The van der Waals surface area contributed by atoms with E-state index in [-0.39, 0.29) is 23.4 Å². The zero-order chi connectivity index (χ0) is 18.2. The molecule has 0 radical (unpaired) electrons. The van der Waals surface area contributed by atoms with Gasteiger partial charge in [0, 0.05) is 24.5 Å². The van der Waals surface area contributed by atoms with Gasteiger partial charge in [0.05, 0.1) is 11.4 Å². The van der Waals surface area contributed by atoms with E-state index >= 15 is 0 Å². The van der Waals surface area contributed by atoms with Crippen molar-refractivity contribution in [1.29, 1.82) is 0 Å². The lowest BCUT2D eigenvalue weighted by molar-refractivity contribution is -0.117. The van der Waals surface area contributed by atoms with Crippen LogP contribution in [0.2, 0.25) is 0 Å². The maximum atomic E-state index is 12.8. The third-order valence-corrected chi connectivity index (χ3v) is 5.34. The number of rotatable bonds is 4. The zero-order valence-electron chi connectivity index (χ0n) is 14.2. The summed E-state index contributed by atoms with van der Waals surface area (Å²) in [6.45, 7) is 2.20. The fourth-order valence-electron chi connectivity index (χ4n) is 3.22. The van der Waals surface area contributed by atoms with E-state index in [9.17, 15) is 13.2 Å². The Balaban J connectivity index is 1.83. The van der Waals surface area contributed by atoms with Crippen LogP contribution in [0.3, 0.4) is 0 Å². The summed E-state index contributed by atoms with van der Waals surface area (Å²) in [7, 11) is -1.87. The summed E-state index contributed by atoms with van der Waals surface area (Å²) in [6.07, 6.45) is 0.611. The Morgan fingerprint density at radius 2 is 1.92 bits per heavy atom. The molecule has 0 aliphatic carbocycles. The number of hydrogen-bond donors (Lipinski definition) is 1. The van der Waals surface area contributed by atoms with Crippen LogP contribution in [0, 0.1) is 0 Å². The van der Waals surface area contributed by atoms with E-state index in [1.807, 2.05) is 49.2 Å². The van der Waals surface area contributed by atoms with Crippen molar-refractivity contribution < 1.29 is 13.2 Å². The average molecular weight is 359 g/mol. The smallest absolute Gasteiger partial charge is 0.246 e. The van der Waals surface area contributed by atoms with Crippen LogP contribution in [0.25, 0.3) is 0 Å². The van der Waals surface area contributed by atoms with Gasteiger partial charge in [0.1, 0.15) is 0 Å². The molecule has 2 aromatic rings. The number of likely N-dealkylation sites (N-methyl/N-ethyl adjacent to an activating group) is 1. The van der Waals surface area contributed by atoms with E-state index in [1.165, 1.54) is 6.07 Å². The first-order valence-corrected chi connectivity index (χ1v) is 9.56. The highest BCUT2D eigenvalue weighted by molar-refractivity contribution is 7.89. The molecule has 6 nitrogen and oxygen atoms in total. The number of carbonyl (C=O) groups excluding carboxylic acids is 1. The van der Waals surface area contributed by atoms with E-state index in [4.69, 9.17) is 5.14 Å². The van der Waals surface area contributed by atoms with Gasteiger partial charge >= 0.3 is 0 Å². The van der Waals surface area contributed by atoms with Crippen LogP contribution >= 0.6 is 0 Å². The fraction of sp³-hybridized carbons (Fsp3) is 0.278. The van der Waals surface area contributed by atoms with Crippen LogP contribution in [0.1, 0.15) is 12.5 Å². The monoisotopic (exact) mass is 359 g/mol. The number of primary sulfonamides is 1. The van der Waals surface area contributed by atoms with Gasteiger partial charge in [-0.1, -0.05) is 18.2 Å². The van der Waals surface area contributed by atoms with Crippen LogP contribution in [-0.4, -0.2) is 34.0 Å². The van der Waals surface area contributed by atoms with Crippen molar-refractivity contribution in [2.75, 3.05) is 23.4 Å². The maximum Gasteiger partial charge on any atom is 0.246 e. The molecule has 25 heavy (non-hydrogen) atoms. The van der Waals surface area contributed by atoms with E-state index in [2.05, 4.69) is 0 Å². The van der Waals surface area contributed by atoms with E-state index < -0.39 is 10.0 Å². The standard InChI is InChI=1S/C18H21N3O3S/c1-13-10-14-11-16(25(19,23)24)8-9-17(14)21(13)18(22)12-20(2)15-6-4-3-5-7-15/h3-9,11,13H,10,12H2,1-2H3,(H2,19,23,24). The molecule has 0 saturated heterocycles. The first-order chi connectivity index (χ1) is 11.8. The summed E-state index contributed by atoms with van der Waals surface area (Å²) in [5, 5.41) is 5.20. The predicted octanol–water partition coefficient (Wildman–Crippen LogP) is 1.75. The highest BCUT2D eigenvalue weighted by Crippen LogP contribution is 2.34. The summed E-state index contributed by atoms with van der Waals surface area (Å²) in [5.74, 6) is -0.0269. The molecule has 0 spiro atoms. The van der Waals surface area contributed by atoms with Crippen molar-refractivity contribution >= 4 is 27.3 Å². The van der Waals surface area contributed by atoms with Gasteiger partial charge in [-0.2, -0.15) is 0 Å². The molecule has 0 saturated carbocycles. The number of benzene rings is 2. The number of fused-ring (bicyclic) bond motifs is 1. The fourth-order valence-corrected chi connectivity index (χ4v) is 3.78. The van der Waals surface area contributed by atoms with Crippen LogP contribution in [0.15, 0.2) is 53.4 Å². The Morgan fingerprint density at radius 1 is 1.24 bits per heavy atom. The van der Waals surface area contributed by atoms with Gasteiger partial charge in [0.25, 0.3) is 0 Å². The first kappa shape index (κ1) is 17.4. The number of amides is 1. The van der Waals surface area contributed by atoms with Crippen LogP contribution in [-0.2, 0) is 21.2 Å². The van der Waals surface area contributed by atoms with Crippen LogP contribution in [0.5, 0.6) is 0 Å². The lowest BCUT2D eigenvalue weighted by Gasteiger charge is -2.26. The molecule has 7 heteroatoms. The molecular formula is C18H21N3O3S. The molecule has 1 aliphatic rings. The highest BCUT2D eigenvalue weighted by atomic mass is 32.2. The van der Waals surface area contributed by atoms with Gasteiger partial charge in [0.15, 0.2) is 0 Å². The summed E-state index contributed by atoms with van der Waals surface area (Å²) in [5.41, 5.74) is 2.55. The molecule has 2 aromatic carbocycles. The second kappa shape index (κ2) is 6.50. The minimum absolute atomic E-state index is 0.0256. The molecule has 3 rings (SSSR count). The molecule has 0 fully saturated rings. The topological polar surface area (TPSA) is 83.7 Å². The number of nitrogens with two attached hydrogens (primary N) is 1. The molecule has 0 aromatic heterocycles. The van der Waals surface area contributed by atoms with Crippen molar-refractivity contribution in [3.05, 3.63) is 54.1 Å².